The predicted octanol–water partition coefficient (Wildman–Crippen LogP) is 3.86. The third kappa shape index (κ3) is 3.95. The number of amides is 2. The second-order valence-electron chi connectivity index (χ2n) is 4.54. The van der Waals surface area contributed by atoms with Crippen LogP contribution in [0.25, 0.3) is 0 Å². The Labute approximate surface area is 113 Å². The molecule has 0 aromatic heterocycles. The summed E-state index contributed by atoms with van der Waals surface area (Å²) in [5.74, 6) is 1.06. The smallest absolute Gasteiger partial charge is 0.319 e. The average Bonchev–Trinajstić information content (AvgIpc) is 2.84. The molecule has 0 bridgehead atoms. The van der Waals surface area contributed by atoms with E-state index in [0.717, 1.165) is 24.3 Å². The highest BCUT2D eigenvalue weighted by atomic mass is 32.2. The quantitative estimate of drug-likeness (QED) is 0.811. The molecule has 0 spiro atoms. The number of nitrogens with one attached hydrogen (secondary N) is 2. The molecule has 1 aliphatic rings. The molecule has 98 valence electrons. The number of carbonyl (C=O) groups excluding carboxylic acids is 1. The molecule has 2 N–H and O–H groups in total. The van der Waals surface area contributed by atoms with Gasteiger partial charge in [0.15, 0.2) is 0 Å². The first-order chi connectivity index (χ1) is 8.78. The Morgan fingerprint density at radius 3 is 2.56 bits per heavy atom. The lowest BCUT2D eigenvalue weighted by Gasteiger charge is -2.13. The molecule has 1 aliphatic carbocycles. The Morgan fingerprint density at radius 1 is 1.28 bits per heavy atom. The van der Waals surface area contributed by atoms with E-state index < -0.39 is 0 Å². The van der Waals surface area contributed by atoms with Crippen LogP contribution in [0.5, 0.6) is 0 Å². The summed E-state index contributed by atoms with van der Waals surface area (Å²) in [5, 5.41) is 5.89. The minimum absolute atomic E-state index is 0.0854. The van der Waals surface area contributed by atoms with Gasteiger partial charge in [-0.2, -0.15) is 0 Å². The van der Waals surface area contributed by atoms with Crippen LogP contribution in [-0.4, -0.2) is 17.8 Å². The van der Waals surface area contributed by atoms with Crippen molar-refractivity contribution >= 4 is 23.5 Å². The molecule has 1 aromatic carbocycles. The van der Waals surface area contributed by atoms with Crippen molar-refractivity contribution in [1.29, 1.82) is 0 Å². The standard InChI is InChI=1S/C14H20N2OS/c1-2-18-13-9-7-12(8-10-13)16-14(17)15-11-5-3-4-6-11/h7-11H,2-6H2,1H3,(H2,15,16,17). The maximum atomic E-state index is 11.8. The average molecular weight is 264 g/mol. The summed E-state index contributed by atoms with van der Waals surface area (Å²) >= 11 is 1.80. The van der Waals surface area contributed by atoms with Crippen LogP contribution >= 0.6 is 11.8 Å². The summed E-state index contributed by atoms with van der Waals surface area (Å²) in [6, 6.07) is 8.26. The number of carbonyl (C=O) groups is 1. The molecule has 0 aliphatic heterocycles. The molecule has 1 aromatic rings. The lowest BCUT2D eigenvalue weighted by Crippen LogP contribution is -2.36. The Hall–Kier alpha value is -1.16. The van der Waals surface area contributed by atoms with E-state index >= 15 is 0 Å². The van der Waals surface area contributed by atoms with Gasteiger partial charge in [0.05, 0.1) is 0 Å². The van der Waals surface area contributed by atoms with Gasteiger partial charge in [0.1, 0.15) is 0 Å². The minimum atomic E-state index is -0.0854. The normalized spacial score (nSPS) is 15.6. The zero-order valence-corrected chi connectivity index (χ0v) is 11.6. The van der Waals surface area contributed by atoms with Crippen molar-refractivity contribution in [3.8, 4) is 0 Å². The van der Waals surface area contributed by atoms with Gasteiger partial charge in [-0.15, -0.1) is 11.8 Å². The number of benzene rings is 1. The van der Waals surface area contributed by atoms with E-state index in [0.29, 0.717) is 6.04 Å². The van der Waals surface area contributed by atoms with Gasteiger partial charge in [0, 0.05) is 16.6 Å². The Morgan fingerprint density at radius 2 is 1.94 bits per heavy atom. The van der Waals surface area contributed by atoms with E-state index in [9.17, 15) is 4.79 Å². The van der Waals surface area contributed by atoms with Gasteiger partial charge in [-0.1, -0.05) is 19.8 Å². The predicted molar refractivity (Wildman–Crippen MR) is 77.3 cm³/mol. The van der Waals surface area contributed by atoms with E-state index in [1.165, 1.54) is 17.7 Å². The highest BCUT2D eigenvalue weighted by Crippen LogP contribution is 2.20. The summed E-state index contributed by atoms with van der Waals surface area (Å²) in [6.45, 7) is 2.13. The molecule has 0 atom stereocenters. The topological polar surface area (TPSA) is 41.1 Å². The van der Waals surface area contributed by atoms with E-state index in [2.05, 4.69) is 17.6 Å². The molecular weight excluding hydrogens is 244 g/mol. The number of urea groups is 1. The van der Waals surface area contributed by atoms with Crippen LogP contribution < -0.4 is 10.6 Å². The third-order valence-electron chi connectivity index (χ3n) is 3.11. The number of hydrogen-bond donors (Lipinski definition) is 2. The van der Waals surface area contributed by atoms with Gasteiger partial charge in [-0.3, -0.25) is 0 Å². The molecular formula is C14H20N2OS. The second-order valence-corrected chi connectivity index (χ2v) is 5.87. The van der Waals surface area contributed by atoms with Crippen LogP contribution in [0.15, 0.2) is 29.2 Å². The zero-order chi connectivity index (χ0) is 12.8. The lowest BCUT2D eigenvalue weighted by atomic mass is 10.2. The van der Waals surface area contributed by atoms with Crippen LogP contribution in [0.4, 0.5) is 10.5 Å². The van der Waals surface area contributed by atoms with Gasteiger partial charge in [0.25, 0.3) is 0 Å². The van der Waals surface area contributed by atoms with E-state index in [-0.39, 0.29) is 6.03 Å². The Kier molecular flexibility index (Phi) is 4.93. The van der Waals surface area contributed by atoms with Crippen LogP contribution in [0, 0.1) is 0 Å². The Bertz CT molecular complexity index is 385. The number of rotatable bonds is 4. The summed E-state index contributed by atoms with van der Waals surface area (Å²) < 4.78 is 0. The molecule has 2 amide bonds. The van der Waals surface area contributed by atoms with Crippen LogP contribution in [-0.2, 0) is 0 Å². The molecule has 0 saturated heterocycles. The fourth-order valence-corrected chi connectivity index (χ4v) is 2.89. The number of anilines is 1. The highest BCUT2D eigenvalue weighted by molar-refractivity contribution is 7.99. The first-order valence-corrected chi connectivity index (χ1v) is 7.57. The van der Waals surface area contributed by atoms with Crippen LogP contribution in [0.1, 0.15) is 32.6 Å². The van der Waals surface area contributed by atoms with Crippen molar-refractivity contribution in [2.75, 3.05) is 11.1 Å². The van der Waals surface area contributed by atoms with Crippen molar-refractivity contribution in [2.45, 2.75) is 43.5 Å². The number of hydrogen-bond acceptors (Lipinski definition) is 2. The molecule has 4 heteroatoms. The fourth-order valence-electron chi connectivity index (χ4n) is 2.22. The molecule has 3 nitrogen and oxygen atoms in total. The van der Waals surface area contributed by atoms with E-state index in [4.69, 9.17) is 0 Å². The first-order valence-electron chi connectivity index (χ1n) is 6.58. The molecule has 1 fully saturated rings. The molecule has 2 rings (SSSR count). The lowest BCUT2D eigenvalue weighted by molar-refractivity contribution is 0.248. The number of thioether (sulfide) groups is 1. The molecule has 0 unspecified atom stereocenters. The summed E-state index contributed by atoms with van der Waals surface area (Å²) in [4.78, 5) is 13.0. The molecule has 1 saturated carbocycles. The second kappa shape index (κ2) is 6.69. The third-order valence-corrected chi connectivity index (χ3v) is 4.01. The van der Waals surface area contributed by atoms with Gasteiger partial charge in [-0.05, 0) is 42.9 Å². The van der Waals surface area contributed by atoms with Crippen LogP contribution in [0.2, 0.25) is 0 Å². The van der Waals surface area contributed by atoms with Crippen molar-refractivity contribution in [3.05, 3.63) is 24.3 Å². The van der Waals surface area contributed by atoms with Crippen molar-refractivity contribution in [2.24, 2.45) is 0 Å². The van der Waals surface area contributed by atoms with Gasteiger partial charge >= 0.3 is 6.03 Å². The zero-order valence-electron chi connectivity index (χ0n) is 10.7. The largest absolute Gasteiger partial charge is 0.335 e. The van der Waals surface area contributed by atoms with Gasteiger partial charge in [-0.25, -0.2) is 4.79 Å². The molecule has 0 radical (unpaired) electrons. The summed E-state index contributed by atoms with van der Waals surface area (Å²) in [7, 11) is 0. The van der Waals surface area contributed by atoms with Crippen molar-refractivity contribution in [3.63, 3.8) is 0 Å². The maximum Gasteiger partial charge on any atom is 0.319 e. The summed E-state index contributed by atoms with van der Waals surface area (Å²) in [5.41, 5.74) is 0.853. The van der Waals surface area contributed by atoms with E-state index in [1.54, 1.807) is 11.8 Å². The maximum absolute atomic E-state index is 11.8. The van der Waals surface area contributed by atoms with Crippen molar-refractivity contribution < 1.29 is 4.79 Å². The van der Waals surface area contributed by atoms with E-state index in [1.807, 2.05) is 24.3 Å². The molecule has 0 heterocycles. The van der Waals surface area contributed by atoms with Gasteiger partial charge < -0.3 is 10.6 Å². The molecule has 18 heavy (non-hydrogen) atoms. The van der Waals surface area contributed by atoms with Crippen molar-refractivity contribution in [1.82, 2.24) is 5.32 Å². The minimum Gasteiger partial charge on any atom is -0.335 e. The monoisotopic (exact) mass is 264 g/mol. The summed E-state index contributed by atoms with van der Waals surface area (Å²) in [6.07, 6.45) is 4.68. The SMILES string of the molecule is CCSc1ccc(NC(=O)NC2CCCC2)cc1. The van der Waals surface area contributed by atoms with Gasteiger partial charge in [0.2, 0.25) is 0 Å². The fraction of sp³-hybridized carbons (Fsp3) is 0.500. The highest BCUT2D eigenvalue weighted by Gasteiger charge is 2.16. The first kappa shape index (κ1) is 13.3. The Balaban J connectivity index is 1.82. The van der Waals surface area contributed by atoms with Crippen LogP contribution in [0.3, 0.4) is 0 Å².